The van der Waals surface area contributed by atoms with Crippen molar-refractivity contribution >= 4 is 5.69 Å². The Labute approximate surface area is 112 Å². The molecule has 3 unspecified atom stereocenters. The van der Waals surface area contributed by atoms with Gasteiger partial charge in [-0.05, 0) is 26.3 Å². The third-order valence-electron chi connectivity index (χ3n) is 3.41. The van der Waals surface area contributed by atoms with E-state index in [0.717, 1.165) is 12.1 Å². The molecule has 3 rings (SSSR count). The van der Waals surface area contributed by atoms with E-state index in [1.807, 2.05) is 19.9 Å². The average Bonchev–Trinajstić information content (AvgIpc) is 2.72. The van der Waals surface area contributed by atoms with Crippen molar-refractivity contribution in [1.29, 1.82) is 0 Å². The first-order valence-corrected chi connectivity index (χ1v) is 6.62. The number of rotatable bonds is 3. The van der Waals surface area contributed by atoms with Crippen molar-refractivity contribution in [2.75, 3.05) is 18.5 Å². The van der Waals surface area contributed by atoms with E-state index >= 15 is 0 Å². The molecule has 0 saturated carbocycles. The van der Waals surface area contributed by atoms with Crippen molar-refractivity contribution in [3.63, 3.8) is 0 Å². The summed E-state index contributed by atoms with van der Waals surface area (Å²) in [6, 6.07) is 1.88. The maximum atomic E-state index is 5.94. The van der Waals surface area contributed by atoms with Gasteiger partial charge in [0.1, 0.15) is 12.2 Å². The van der Waals surface area contributed by atoms with Gasteiger partial charge in [-0.15, -0.1) is 0 Å². The summed E-state index contributed by atoms with van der Waals surface area (Å²) in [6.07, 6.45) is 4.36. The molecule has 19 heavy (non-hydrogen) atoms. The smallest absolute Gasteiger partial charge is 0.163 e. The lowest BCUT2D eigenvalue weighted by molar-refractivity contribution is -0.152. The highest BCUT2D eigenvalue weighted by Crippen LogP contribution is 2.35. The third kappa shape index (κ3) is 2.86. The molecule has 0 radical (unpaired) electrons. The van der Waals surface area contributed by atoms with Crippen molar-refractivity contribution < 1.29 is 14.2 Å². The zero-order chi connectivity index (χ0) is 13.3. The zero-order valence-corrected chi connectivity index (χ0v) is 11.2. The number of fused-ring (bicyclic) bond motifs is 1. The minimum absolute atomic E-state index is 0.00584. The van der Waals surface area contributed by atoms with Crippen molar-refractivity contribution in [1.82, 2.24) is 10.2 Å². The number of nitrogens with zero attached hydrogens (tertiary/aromatic N) is 2. The van der Waals surface area contributed by atoms with Crippen LogP contribution in [0.2, 0.25) is 0 Å². The number of nitrogens with one attached hydrogen (secondary N) is 1. The maximum Gasteiger partial charge on any atom is 0.163 e. The normalized spacial score (nSPS) is 32.8. The van der Waals surface area contributed by atoms with Crippen LogP contribution in [0.3, 0.4) is 0 Å². The third-order valence-corrected chi connectivity index (χ3v) is 3.41. The first kappa shape index (κ1) is 12.8. The van der Waals surface area contributed by atoms with Crippen LogP contribution in [0.4, 0.5) is 5.69 Å². The highest BCUT2D eigenvalue weighted by molar-refractivity contribution is 5.38. The lowest BCUT2D eigenvalue weighted by Crippen LogP contribution is -2.46. The number of anilines is 1. The summed E-state index contributed by atoms with van der Waals surface area (Å²) in [4.78, 5) is 0. The van der Waals surface area contributed by atoms with Gasteiger partial charge in [-0.3, -0.25) is 0 Å². The van der Waals surface area contributed by atoms with Gasteiger partial charge in [-0.1, -0.05) is 0 Å². The largest absolute Gasteiger partial charge is 0.381 e. The second kappa shape index (κ2) is 5.03. The fraction of sp³-hybridized carbons (Fsp3) is 0.692. The first-order chi connectivity index (χ1) is 9.14. The molecule has 1 aromatic heterocycles. The molecule has 104 valence electrons. The van der Waals surface area contributed by atoms with Crippen LogP contribution in [0, 0.1) is 0 Å². The fourth-order valence-electron chi connectivity index (χ4n) is 2.62. The predicted molar refractivity (Wildman–Crippen MR) is 68.7 cm³/mol. The van der Waals surface area contributed by atoms with Crippen LogP contribution in [0.25, 0.3) is 0 Å². The van der Waals surface area contributed by atoms with E-state index in [1.165, 1.54) is 0 Å². The van der Waals surface area contributed by atoms with E-state index in [2.05, 4.69) is 15.5 Å². The fourth-order valence-corrected chi connectivity index (χ4v) is 2.62. The second-order valence-corrected chi connectivity index (χ2v) is 5.35. The summed E-state index contributed by atoms with van der Waals surface area (Å²) < 4.78 is 17.6. The Morgan fingerprint density at radius 3 is 3.05 bits per heavy atom. The van der Waals surface area contributed by atoms with Crippen LogP contribution in [0.5, 0.6) is 0 Å². The molecule has 0 amide bonds. The Kier molecular flexibility index (Phi) is 3.38. The Hall–Kier alpha value is -1.24. The lowest BCUT2D eigenvalue weighted by atomic mass is 10.0. The van der Waals surface area contributed by atoms with Crippen LogP contribution >= 0.6 is 0 Å². The summed E-state index contributed by atoms with van der Waals surface area (Å²) in [6.45, 7) is 5.28. The molecule has 0 aromatic carbocycles. The van der Waals surface area contributed by atoms with Gasteiger partial charge in [0.2, 0.25) is 0 Å². The van der Waals surface area contributed by atoms with Gasteiger partial charge in [-0.25, -0.2) is 0 Å². The van der Waals surface area contributed by atoms with Crippen LogP contribution in [0.1, 0.15) is 20.3 Å². The van der Waals surface area contributed by atoms with Crippen molar-refractivity contribution in [3.05, 3.63) is 18.5 Å². The summed E-state index contributed by atoms with van der Waals surface area (Å²) in [5.41, 5.74) is 0.930. The highest BCUT2D eigenvalue weighted by Gasteiger charge is 2.47. The average molecular weight is 265 g/mol. The number of hydrogen-bond acceptors (Lipinski definition) is 6. The van der Waals surface area contributed by atoms with E-state index in [0.29, 0.717) is 13.2 Å². The Morgan fingerprint density at radius 2 is 2.26 bits per heavy atom. The van der Waals surface area contributed by atoms with Gasteiger partial charge < -0.3 is 19.5 Å². The van der Waals surface area contributed by atoms with Gasteiger partial charge in [0.05, 0.1) is 24.2 Å². The standard InChI is InChI=1S/C13H19N3O3/c1-13(2)18-10-4-6-17-11(12(10)19-13)8-14-9-3-5-15-16-7-9/h3,5,7,10-12H,4,6,8H2,1-2H3,(H,14,15). The maximum absolute atomic E-state index is 5.94. The number of aromatic nitrogens is 2. The van der Waals surface area contributed by atoms with E-state index < -0.39 is 5.79 Å². The minimum Gasteiger partial charge on any atom is -0.381 e. The van der Waals surface area contributed by atoms with E-state index in [9.17, 15) is 0 Å². The summed E-state index contributed by atoms with van der Waals surface area (Å²) in [5, 5.41) is 10.9. The number of ether oxygens (including phenoxy) is 3. The molecule has 0 aliphatic carbocycles. The molecule has 3 heterocycles. The first-order valence-electron chi connectivity index (χ1n) is 6.62. The molecule has 2 aliphatic rings. The molecular formula is C13H19N3O3. The molecule has 3 atom stereocenters. The molecule has 2 aliphatic heterocycles. The van der Waals surface area contributed by atoms with Crippen LogP contribution in [-0.4, -0.2) is 47.4 Å². The predicted octanol–water partition coefficient (Wildman–Crippen LogP) is 1.20. The van der Waals surface area contributed by atoms with Gasteiger partial charge in [0.25, 0.3) is 0 Å². The van der Waals surface area contributed by atoms with Gasteiger partial charge in [0.15, 0.2) is 5.79 Å². The van der Waals surface area contributed by atoms with Gasteiger partial charge >= 0.3 is 0 Å². The minimum atomic E-state index is -0.514. The van der Waals surface area contributed by atoms with Crippen LogP contribution < -0.4 is 5.32 Å². The van der Waals surface area contributed by atoms with Crippen molar-refractivity contribution in [2.45, 2.75) is 44.4 Å². The zero-order valence-electron chi connectivity index (χ0n) is 11.2. The van der Waals surface area contributed by atoms with Crippen molar-refractivity contribution in [3.8, 4) is 0 Å². The van der Waals surface area contributed by atoms with Gasteiger partial charge in [-0.2, -0.15) is 10.2 Å². The SMILES string of the molecule is CC1(C)OC2CCOC(CNc3ccnnc3)C2O1. The molecule has 2 saturated heterocycles. The highest BCUT2D eigenvalue weighted by atomic mass is 16.8. The van der Waals surface area contributed by atoms with Crippen LogP contribution in [0.15, 0.2) is 18.5 Å². The summed E-state index contributed by atoms with van der Waals surface area (Å²) in [7, 11) is 0. The Morgan fingerprint density at radius 1 is 1.37 bits per heavy atom. The van der Waals surface area contributed by atoms with E-state index in [-0.39, 0.29) is 18.3 Å². The molecule has 6 heteroatoms. The number of hydrogen-bond donors (Lipinski definition) is 1. The van der Waals surface area contributed by atoms with E-state index in [1.54, 1.807) is 12.4 Å². The van der Waals surface area contributed by atoms with Crippen molar-refractivity contribution in [2.24, 2.45) is 0 Å². The summed E-state index contributed by atoms with van der Waals surface area (Å²) >= 11 is 0. The lowest BCUT2D eigenvalue weighted by Gasteiger charge is -2.31. The Balaban J connectivity index is 1.61. The molecular weight excluding hydrogens is 246 g/mol. The molecule has 6 nitrogen and oxygen atoms in total. The monoisotopic (exact) mass is 265 g/mol. The summed E-state index contributed by atoms with van der Waals surface area (Å²) in [5.74, 6) is -0.514. The molecule has 0 bridgehead atoms. The van der Waals surface area contributed by atoms with E-state index in [4.69, 9.17) is 14.2 Å². The molecule has 1 N–H and O–H groups in total. The topological polar surface area (TPSA) is 65.5 Å². The second-order valence-electron chi connectivity index (χ2n) is 5.35. The molecule has 2 fully saturated rings. The molecule has 0 spiro atoms. The Bertz CT molecular complexity index is 426. The quantitative estimate of drug-likeness (QED) is 0.886. The van der Waals surface area contributed by atoms with Gasteiger partial charge in [0, 0.05) is 13.2 Å². The molecule has 1 aromatic rings. The van der Waals surface area contributed by atoms with Crippen LogP contribution in [-0.2, 0) is 14.2 Å².